The maximum atomic E-state index is 6.17. The van der Waals surface area contributed by atoms with Gasteiger partial charge in [0, 0.05) is 22.4 Å². The lowest BCUT2D eigenvalue weighted by Gasteiger charge is -1.99. The Morgan fingerprint density at radius 1 is 0.889 bits per heavy atom. The fourth-order valence-electron chi connectivity index (χ4n) is 2.34. The first-order chi connectivity index (χ1) is 8.84. The Bertz CT molecular complexity index is 895. The van der Waals surface area contributed by atoms with Crippen LogP contribution in [0.15, 0.2) is 53.1 Å². The topological polar surface area (TPSA) is 26.0 Å². The van der Waals surface area contributed by atoms with Gasteiger partial charge in [0.1, 0.15) is 11.1 Å². The number of fused-ring (bicyclic) bond motifs is 5. The van der Waals surface area contributed by atoms with Crippen LogP contribution in [0, 0.1) is 0 Å². The number of furan rings is 1. The number of hydrogen-bond acceptors (Lipinski definition) is 2. The molecule has 86 valence electrons. The molecule has 3 heteroatoms. The Morgan fingerprint density at radius 2 is 1.72 bits per heavy atom. The summed E-state index contributed by atoms with van der Waals surface area (Å²) < 4.78 is 5.90. The van der Waals surface area contributed by atoms with Gasteiger partial charge in [-0.05, 0) is 18.2 Å². The molecule has 0 unspecified atom stereocenters. The summed E-state index contributed by atoms with van der Waals surface area (Å²) in [6.07, 6.45) is 1.81. The van der Waals surface area contributed by atoms with E-state index in [1.807, 2.05) is 48.7 Å². The number of rotatable bonds is 0. The van der Waals surface area contributed by atoms with Crippen LogP contribution in [0.5, 0.6) is 0 Å². The van der Waals surface area contributed by atoms with Crippen LogP contribution in [0.3, 0.4) is 0 Å². The van der Waals surface area contributed by atoms with Crippen molar-refractivity contribution in [3.63, 3.8) is 0 Å². The molecule has 4 aromatic rings. The van der Waals surface area contributed by atoms with E-state index in [1.54, 1.807) is 0 Å². The molecule has 0 atom stereocenters. The van der Waals surface area contributed by atoms with Crippen LogP contribution in [-0.4, -0.2) is 4.98 Å². The highest BCUT2D eigenvalue weighted by Crippen LogP contribution is 2.34. The zero-order valence-corrected chi connectivity index (χ0v) is 10.1. The lowest BCUT2D eigenvalue weighted by Crippen LogP contribution is -1.79. The van der Waals surface area contributed by atoms with Crippen molar-refractivity contribution in [3.05, 3.63) is 53.7 Å². The molecule has 2 aromatic heterocycles. The first-order valence-electron chi connectivity index (χ1n) is 5.69. The molecule has 2 nitrogen and oxygen atoms in total. The summed E-state index contributed by atoms with van der Waals surface area (Å²) in [5, 5.41) is 3.66. The third kappa shape index (κ3) is 1.21. The number of hydrogen-bond donors (Lipinski definition) is 0. The highest BCUT2D eigenvalue weighted by atomic mass is 35.5. The van der Waals surface area contributed by atoms with E-state index in [2.05, 4.69) is 4.98 Å². The van der Waals surface area contributed by atoms with Crippen LogP contribution >= 0.6 is 11.6 Å². The second kappa shape index (κ2) is 3.47. The molecule has 0 saturated carbocycles. The number of halogens is 1. The molecule has 0 fully saturated rings. The van der Waals surface area contributed by atoms with Crippen LogP contribution in [0.4, 0.5) is 0 Å². The standard InChI is InChI=1S/C15H8ClNO/c16-12-6-3-5-9-11(12)8-17-14-10-4-1-2-7-13(10)18-15(9)14/h1-8H. The molecule has 0 amide bonds. The largest absolute Gasteiger partial charge is 0.454 e. The lowest BCUT2D eigenvalue weighted by atomic mass is 10.1. The summed E-state index contributed by atoms with van der Waals surface area (Å²) in [5.74, 6) is 0. The van der Waals surface area contributed by atoms with E-state index in [9.17, 15) is 0 Å². The zero-order chi connectivity index (χ0) is 12.1. The van der Waals surface area contributed by atoms with Crippen molar-refractivity contribution < 1.29 is 4.42 Å². The molecule has 18 heavy (non-hydrogen) atoms. The third-order valence-electron chi connectivity index (χ3n) is 3.19. The van der Waals surface area contributed by atoms with Crippen molar-refractivity contribution in [1.82, 2.24) is 4.98 Å². The van der Waals surface area contributed by atoms with E-state index in [0.717, 1.165) is 32.8 Å². The van der Waals surface area contributed by atoms with E-state index in [0.29, 0.717) is 5.02 Å². The Kier molecular flexibility index (Phi) is 1.91. The highest BCUT2D eigenvalue weighted by Gasteiger charge is 2.11. The molecule has 0 N–H and O–H groups in total. The normalized spacial score (nSPS) is 11.6. The average Bonchev–Trinajstić information content (AvgIpc) is 2.78. The van der Waals surface area contributed by atoms with Gasteiger partial charge in [0.05, 0.1) is 5.02 Å². The third-order valence-corrected chi connectivity index (χ3v) is 3.52. The van der Waals surface area contributed by atoms with Gasteiger partial charge in [-0.25, -0.2) is 0 Å². The Morgan fingerprint density at radius 3 is 2.67 bits per heavy atom. The summed E-state index contributed by atoms with van der Waals surface area (Å²) in [4.78, 5) is 4.48. The van der Waals surface area contributed by atoms with E-state index in [4.69, 9.17) is 16.0 Å². The molecule has 0 aliphatic carbocycles. The number of pyridine rings is 1. The zero-order valence-electron chi connectivity index (χ0n) is 9.35. The minimum absolute atomic E-state index is 0.697. The van der Waals surface area contributed by atoms with Crippen LogP contribution in [0.25, 0.3) is 32.8 Å². The van der Waals surface area contributed by atoms with Crippen molar-refractivity contribution in [2.75, 3.05) is 0 Å². The van der Waals surface area contributed by atoms with Crippen molar-refractivity contribution in [2.45, 2.75) is 0 Å². The number of nitrogens with zero attached hydrogens (tertiary/aromatic N) is 1. The van der Waals surface area contributed by atoms with Crippen LogP contribution in [0.2, 0.25) is 5.02 Å². The summed E-state index contributed by atoms with van der Waals surface area (Å²) in [7, 11) is 0. The van der Waals surface area contributed by atoms with E-state index >= 15 is 0 Å². The average molecular weight is 254 g/mol. The summed E-state index contributed by atoms with van der Waals surface area (Å²) in [6.45, 7) is 0. The molecular formula is C15H8ClNO. The first-order valence-corrected chi connectivity index (χ1v) is 6.07. The minimum atomic E-state index is 0.697. The molecule has 0 aliphatic heterocycles. The fourth-order valence-corrected chi connectivity index (χ4v) is 2.56. The molecule has 0 aliphatic rings. The molecular weight excluding hydrogens is 246 g/mol. The fraction of sp³-hybridized carbons (Fsp3) is 0. The van der Waals surface area contributed by atoms with Gasteiger partial charge in [0.2, 0.25) is 0 Å². The van der Waals surface area contributed by atoms with Gasteiger partial charge in [-0.15, -0.1) is 0 Å². The van der Waals surface area contributed by atoms with Gasteiger partial charge in [0.15, 0.2) is 5.58 Å². The monoisotopic (exact) mass is 253 g/mol. The predicted molar refractivity (Wildman–Crippen MR) is 74.0 cm³/mol. The van der Waals surface area contributed by atoms with Gasteiger partial charge in [-0.1, -0.05) is 35.9 Å². The number of benzene rings is 2. The Hall–Kier alpha value is -2.06. The SMILES string of the molecule is Clc1cccc2c1cnc1c3ccccc3oc21. The van der Waals surface area contributed by atoms with E-state index in [1.165, 1.54) is 0 Å². The van der Waals surface area contributed by atoms with Crippen LogP contribution in [-0.2, 0) is 0 Å². The minimum Gasteiger partial charge on any atom is -0.454 e. The molecule has 0 spiro atoms. The van der Waals surface area contributed by atoms with Gasteiger partial charge in [0.25, 0.3) is 0 Å². The summed E-state index contributed by atoms with van der Waals surface area (Å²) in [6, 6.07) is 13.7. The molecule has 2 aromatic carbocycles. The van der Waals surface area contributed by atoms with Crippen molar-refractivity contribution in [2.24, 2.45) is 0 Å². The number of para-hydroxylation sites is 1. The Labute approximate surface area is 108 Å². The van der Waals surface area contributed by atoms with Crippen LogP contribution < -0.4 is 0 Å². The molecule has 0 bridgehead atoms. The van der Waals surface area contributed by atoms with Gasteiger partial charge >= 0.3 is 0 Å². The van der Waals surface area contributed by atoms with Gasteiger partial charge in [-0.2, -0.15) is 0 Å². The maximum Gasteiger partial charge on any atom is 0.161 e. The second-order valence-corrected chi connectivity index (χ2v) is 4.64. The Balaban J connectivity index is 2.32. The highest BCUT2D eigenvalue weighted by molar-refractivity contribution is 6.36. The van der Waals surface area contributed by atoms with E-state index < -0.39 is 0 Å². The predicted octanol–water partition coefficient (Wildman–Crippen LogP) is 4.79. The van der Waals surface area contributed by atoms with Crippen molar-refractivity contribution in [1.29, 1.82) is 0 Å². The molecule has 2 heterocycles. The smallest absolute Gasteiger partial charge is 0.161 e. The molecule has 0 saturated heterocycles. The quantitative estimate of drug-likeness (QED) is 0.450. The first kappa shape index (κ1) is 9.92. The van der Waals surface area contributed by atoms with Gasteiger partial charge < -0.3 is 4.42 Å². The molecule has 0 radical (unpaired) electrons. The molecule has 4 rings (SSSR count). The van der Waals surface area contributed by atoms with Crippen molar-refractivity contribution >= 4 is 44.4 Å². The maximum absolute atomic E-state index is 6.17. The lowest BCUT2D eigenvalue weighted by molar-refractivity contribution is 0.672. The van der Waals surface area contributed by atoms with Gasteiger partial charge in [-0.3, -0.25) is 4.98 Å². The van der Waals surface area contributed by atoms with Crippen molar-refractivity contribution in [3.8, 4) is 0 Å². The summed E-state index contributed by atoms with van der Waals surface area (Å²) >= 11 is 6.17. The summed E-state index contributed by atoms with van der Waals surface area (Å²) in [5.41, 5.74) is 2.55. The number of aromatic nitrogens is 1. The second-order valence-electron chi connectivity index (χ2n) is 4.24. The van der Waals surface area contributed by atoms with E-state index in [-0.39, 0.29) is 0 Å². The van der Waals surface area contributed by atoms with Crippen LogP contribution in [0.1, 0.15) is 0 Å².